The summed E-state index contributed by atoms with van der Waals surface area (Å²) in [6, 6.07) is 7.85. The molecule has 0 unspecified atom stereocenters. The molecule has 2 aromatic rings. The summed E-state index contributed by atoms with van der Waals surface area (Å²) in [6.45, 7) is 3.07. The maximum Gasteiger partial charge on any atom is 0.314 e. The number of ether oxygens (including phenoxy) is 1. The molecule has 0 spiro atoms. The number of amides is 2. The summed E-state index contributed by atoms with van der Waals surface area (Å²) in [4.78, 5) is 24.7. The van der Waals surface area contributed by atoms with Gasteiger partial charge >= 0.3 is 11.8 Å². The van der Waals surface area contributed by atoms with Crippen LogP contribution in [0.4, 0.5) is 5.82 Å². The summed E-state index contributed by atoms with van der Waals surface area (Å²) in [5, 5.41) is 10.1. The summed E-state index contributed by atoms with van der Waals surface area (Å²) in [7, 11) is 0. The highest BCUT2D eigenvalue weighted by Gasteiger charge is 2.27. The van der Waals surface area contributed by atoms with Gasteiger partial charge in [-0.3, -0.25) is 9.59 Å². The lowest BCUT2D eigenvalue weighted by Gasteiger charge is -2.13. The molecule has 0 aliphatic carbocycles. The van der Waals surface area contributed by atoms with Crippen LogP contribution < -0.4 is 10.6 Å². The maximum absolute atomic E-state index is 12.5. The van der Waals surface area contributed by atoms with E-state index in [2.05, 4.69) is 15.7 Å². The molecule has 1 aromatic heterocycles. The highest BCUT2D eigenvalue weighted by atomic mass is 32.2. The summed E-state index contributed by atoms with van der Waals surface area (Å²) < 4.78 is 7.22. The van der Waals surface area contributed by atoms with Gasteiger partial charge in [-0.25, -0.2) is 4.68 Å². The second kappa shape index (κ2) is 7.74. The van der Waals surface area contributed by atoms with Crippen molar-refractivity contribution in [1.29, 1.82) is 0 Å². The Morgan fingerprint density at radius 3 is 2.93 bits per heavy atom. The van der Waals surface area contributed by atoms with E-state index in [0.29, 0.717) is 19.0 Å². The molecular weight excluding hydrogens is 364 g/mol. The van der Waals surface area contributed by atoms with Gasteiger partial charge in [-0.15, -0.1) is 0 Å². The maximum atomic E-state index is 12.5. The fourth-order valence-electron chi connectivity index (χ4n) is 3.37. The minimum Gasteiger partial charge on any atom is -0.376 e. The van der Waals surface area contributed by atoms with E-state index in [-0.39, 0.29) is 6.10 Å². The van der Waals surface area contributed by atoms with Gasteiger partial charge in [0.2, 0.25) is 0 Å². The van der Waals surface area contributed by atoms with Crippen LogP contribution in [0.2, 0.25) is 0 Å². The van der Waals surface area contributed by atoms with E-state index in [4.69, 9.17) is 4.74 Å². The SMILES string of the molecule is Cc1ccccc1-n1nc2c(c1NC(=O)C(=O)NC[C@@H]1CCCO1)CSC2. The topological polar surface area (TPSA) is 85.2 Å². The van der Waals surface area contributed by atoms with Crippen LogP contribution in [0.3, 0.4) is 0 Å². The van der Waals surface area contributed by atoms with Crippen molar-refractivity contribution in [3.05, 3.63) is 41.1 Å². The van der Waals surface area contributed by atoms with Gasteiger partial charge in [0.1, 0.15) is 5.82 Å². The van der Waals surface area contributed by atoms with Crippen LogP contribution in [-0.2, 0) is 25.8 Å². The first-order valence-corrected chi connectivity index (χ1v) is 10.2. The molecule has 2 aliphatic rings. The third-order valence-corrected chi connectivity index (χ3v) is 5.82. The average Bonchev–Trinajstić information content (AvgIpc) is 3.39. The molecule has 27 heavy (non-hydrogen) atoms. The number of hydrogen-bond acceptors (Lipinski definition) is 5. The molecule has 142 valence electrons. The van der Waals surface area contributed by atoms with Crippen LogP contribution >= 0.6 is 11.8 Å². The fourth-order valence-corrected chi connectivity index (χ4v) is 4.41. The van der Waals surface area contributed by atoms with Crippen molar-refractivity contribution in [3.8, 4) is 5.69 Å². The average molecular weight is 386 g/mol. The molecule has 1 fully saturated rings. The lowest BCUT2D eigenvalue weighted by atomic mass is 10.2. The number of anilines is 1. The predicted molar refractivity (Wildman–Crippen MR) is 104 cm³/mol. The van der Waals surface area contributed by atoms with E-state index in [1.165, 1.54) is 0 Å². The van der Waals surface area contributed by atoms with Crippen LogP contribution in [-0.4, -0.2) is 40.9 Å². The second-order valence-corrected chi connectivity index (χ2v) is 7.75. The number of para-hydroxylation sites is 1. The van der Waals surface area contributed by atoms with E-state index in [9.17, 15) is 9.59 Å². The number of nitrogens with zero attached hydrogens (tertiary/aromatic N) is 2. The first kappa shape index (κ1) is 18.1. The summed E-state index contributed by atoms with van der Waals surface area (Å²) in [5.41, 5.74) is 3.89. The number of aromatic nitrogens is 2. The van der Waals surface area contributed by atoms with Gasteiger partial charge in [0.05, 0.1) is 17.5 Å². The fraction of sp³-hybridized carbons (Fsp3) is 0.421. The second-order valence-electron chi connectivity index (χ2n) is 6.76. The lowest BCUT2D eigenvalue weighted by Crippen LogP contribution is -2.39. The molecule has 0 bridgehead atoms. The van der Waals surface area contributed by atoms with Gasteiger partial charge in [0.15, 0.2) is 0 Å². The van der Waals surface area contributed by atoms with E-state index in [0.717, 1.165) is 46.9 Å². The molecule has 1 saturated heterocycles. The van der Waals surface area contributed by atoms with Gasteiger partial charge in [-0.2, -0.15) is 16.9 Å². The van der Waals surface area contributed by atoms with Crippen LogP contribution in [0, 0.1) is 6.92 Å². The molecule has 1 atom stereocenters. The number of thioether (sulfide) groups is 1. The van der Waals surface area contributed by atoms with E-state index in [1.807, 2.05) is 31.2 Å². The Labute approximate surface area is 161 Å². The molecule has 2 aliphatic heterocycles. The minimum atomic E-state index is -0.678. The predicted octanol–water partition coefficient (Wildman–Crippen LogP) is 2.16. The van der Waals surface area contributed by atoms with Gasteiger partial charge in [-0.05, 0) is 31.4 Å². The van der Waals surface area contributed by atoms with Gasteiger partial charge in [0.25, 0.3) is 0 Å². The van der Waals surface area contributed by atoms with Crippen LogP contribution in [0.1, 0.15) is 29.7 Å². The summed E-state index contributed by atoms with van der Waals surface area (Å²) in [6.07, 6.45) is 1.90. The zero-order valence-electron chi connectivity index (χ0n) is 15.2. The molecule has 8 heteroatoms. The lowest BCUT2D eigenvalue weighted by molar-refractivity contribution is -0.136. The Balaban J connectivity index is 1.53. The summed E-state index contributed by atoms with van der Waals surface area (Å²) >= 11 is 1.75. The first-order valence-electron chi connectivity index (χ1n) is 9.09. The third kappa shape index (κ3) is 3.72. The standard InChI is InChI=1S/C19H22N4O3S/c1-12-5-2-3-7-16(12)23-17(14-10-27-11-15(14)22-23)21-19(25)18(24)20-9-13-6-4-8-26-13/h2-3,5,7,13H,4,6,8-11H2,1H3,(H,20,24)(H,21,25)/t13-/m0/s1. The normalized spacial score (nSPS) is 18.3. The molecule has 2 N–H and O–H groups in total. The van der Waals surface area contributed by atoms with Crippen molar-refractivity contribution in [2.75, 3.05) is 18.5 Å². The van der Waals surface area contributed by atoms with Crippen LogP contribution in [0.5, 0.6) is 0 Å². The molecule has 0 radical (unpaired) electrons. The van der Waals surface area contributed by atoms with Crippen LogP contribution in [0.15, 0.2) is 24.3 Å². The van der Waals surface area contributed by atoms with Gasteiger partial charge < -0.3 is 15.4 Å². The molecule has 1 aromatic carbocycles. The molecule has 7 nitrogen and oxygen atoms in total. The number of carbonyl (C=O) groups is 2. The van der Waals surface area contributed by atoms with Crippen molar-refractivity contribution in [2.24, 2.45) is 0 Å². The number of nitrogens with one attached hydrogen (secondary N) is 2. The van der Waals surface area contributed by atoms with E-state index >= 15 is 0 Å². The van der Waals surface area contributed by atoms with Crippen molar-refractivity contribution in [3.63, 3.8) is 0 Å². The molecular formula is C19H22N4O3S. The zero-order chi connectivity index (χ0) is 18.8. The Morgan fingerprint density at radius 1 is 1.30 bits per heavy atom. The van der Waals surface area contributed by atoms with E-state index < -0.39 is 11.8 Å². The van der Waals surface area contributed by atoms with Crippen molar-refractivity contribution in [1.82, 2.24) is 15.1 Å². The number of hydrogen-bond donors (Lipinski definition) is 2. The highest BCUT2D eigenvalue weighted by Crippen LogP contribution is 2.36. The molecule has 2 amide bonds. The van der Waals surface area contributed by atoms with E-state index in [1.54, 1.807) is 16.4 Å². The molecule has 3 heterocycles. The smallest absolute Gasteiger partial charge is 0.314 e. The number of carbonyl (C=O) groups excluding carboxylic acids is 2. The van der Waals surface area contributed by atoms with Crippen molar-refractivity contribution in [2.45, 2.75) is 37.4 Å². The van der Waals surface area contributed by atoms with Crippen molar-refractivity contribution < 1.29 is 14.3 Å². The highest BCUT2D eigenvalue weighted by molar-refractivity contribution is 7.98. The number of fused-ring (bicyclic) bond motifs is 1. The molecule has 4 rings (SSSR count). The number of rotatable bonds is 4. The van der Waals surface area contributed by atoms with Gasteiger partial charge in [-0.1, -0.05) is 18.2 Å². The largest absolute Gasteiger partial charge is 0.376 e. The third-order valence-electron chi connectivity index (χ3n) is 4.85. The number of aryl methyl sites for hydroxylation is 1. The Bertz CT molecular complexity index is 874. The number of benzene rings is 1. The quantitative estimate of drug-likeness (QED) is 0.787. The summed E-state index contributed by atoms with van der Waals surface area (Å²) in [5.74, 6) is 0.836. The Morgan fingerprint density at radius 2 is 2.15 bits per heavy atom. The molecule has 0 saturated carbocycles. The Kier molecular flexibility index (Phi) is 5.18. The monoisotopic (exact) mass is 386 g/mol. The van der Waals surface area contributed by atoms with Gasteiger partial charge in [0, 0.05) is 30.2 Å². The Hall–Kier alpha value is -2.32. The first-order chi connectivity index (χ1) is 13.1. The van der Waals surface area contributed by atoms with Crippen molar-refractivity contribution >= 4 is 29.4 Å². The minimum absolute atomic E-state index is 0.0000986. The van der Waals surface area contributed by atoms with Crippen LogP contribution in [0.25, 0.3) is 5.69 Å². The zero-order valence-corrected chi connectivity index (χ0v) is 16.0.